The Morgan fingerprint density at radius 2 is 0.860 bits per heavy atom. The first-order chi connectivity index (χ1) is 60.0. The number of aromatic nitrogens is 3. The Labute approximate surface area is 791 Å². The Morgan fingerprint density at radius 3 is 1.32 bits per heavy atom. The number of carbonyl (C=O) groups is 6. The Morgan fingerprint density at radius 1 is 0.442 bits per heavy atom. The molecule has 27 nitrogen and oxygen atoms in total. The summed E-state index contributed by atoms with van der Waals surface area (Å²) < 4.78 is 85.0. The molecule has 2 unspecified atom stereocenters. The summed E-state index contributed by atoms with van der Waals surface area (Å²) in [5.74, 6) is -0.977. The van der Waals surface area contributed by atoms with Crippen LogP contribution in [0.3, 0.4) is 0 Å². The van der Waals surface area contributed by atoms with Crippen molar-refractivity contribution in [2.75, 3.05) is 41.0 Å². The summed E-state index contributed by atoms with van der Waals surface area (Å²) in [6.45, 7) is 22.7. The number of alkyl carbamates (subject to hydrolysis) is 3. The molecule has 697 valence electrons. The number of rotatable bonds is 7. The van der Waals surface area contributed by atoms with Crippen LogP contribution < -0.4 is 44.4 Å². The largest absolute Gasteiger partial charge is 0.540 e. The molecule has 16 rings (SSSR count). The van der Waals surface area contributed by atoms with E-state index in [2.05, 4.69) is 45.6 Å². The van der Waals surface area contributed by atoms with Crippen LogP contribution in [0, 0.1) is 63.6 Å². The number of methoxy groups -OCH3 is 3. The van der Waals surface area contributed by atoms with Crippen molar-refractivity contribution < 1.29 is 150 Å². The zero-order valence-corrected chi connectivity index (χ0v) is 80.9. The molecule has 20 atom stereocenters. The summed E-state index contributed by atoms with van der Waals surface area (Å²) >= 11 is 0. The summed E-state index contributed by atoms with van der Waals surface area (Å²) in [6.07, 6.45) is 17.0. The fourth-order valence-corrected chi connectivity index (χ4v) is 19.7. The van der Waals surface area contributed by atoms with Crippen molar-refractivity contribution in [3.05, 3.63) is 89.6 Å². The molecule has 4 saturated carbocycles. The molecule has 3 N–H and O–H groups in total. The van der Waals surface area contributed by atoms with Crippen LogP contribution in [0.4, 0.5) is 23.2 Å². The Balaban J connectivity index is 0.000000185. The molecule has 3 aromatic carbocycles. The molecule has 6 amide bonds. The standard InChI is InChI=1S/C34H42F2N3O6.C32H42N3O6.C31H40N3O6.3V/c1-18-25(17-40)39-16-28(18)44-27-15-20-12-21(43-5)9-10-24(20)37-29(27)34(35,36)11-7-6-8-22-23-13-19(23)14-26(22)45-32(42)38-30(31(39)41)33(2,3)4;1-6-23-25(18-36)35-17-27(23)40-29-21(14-19-12-13-22(39-5)16-24(19)33-29)11-9-7-8-10-20-15-26(20)41-31(38)34-28(30(35)37)32(2,3)4;1-18-24(17-35)34-16-26(18)39-28-21(13-19-11-12-22(38-5)15-23(19)32-28)10-8-6-7-9-20-14-25(20)40-30(37)33-27(29(34)36)31(2,3)4;;;/h9-10,12,15,18-19,22-23,25-26,28,30H,6-8,11,13-14,16H2,1-5H3,(H,38,42);12-14,16,20,23,25-28H,6-11,15,17H2,1-5H3,(H,34,38);11-13,15,18,20,24-27H,6-10,14,16H2,1-5H3,(H,33,37);;;/q3*-1;;;/t18-,19?,22+,23?,25+,26+,28-,30+;20-,23+,25-,26-,27+,28-;18-,20+,24+,25+,26-,27+;;;/m010.../s1. The van der Waals surface area contributed by atoms with E-state index >= 15 is 8.78 Å². The first-order valence-electron chi connectivity index (χ1n) is 45.3. The number of carbonyl (C=O) groups excluding carboxylic acids is 9. The number of benzene rings is 3. The summed E-state index contributed by atoms with van der Waals surface area (Å²) in [5.41, 5.74) is 1.52. The van der Waals surface area contributed by atoms with Crippen LogP contribution in [0.25, 0.3) is 32.7 Å². The second-order valence-electron chi connectivity index (χ2n) is 39.7. The molecule has 3 aromatic heterocycles. The molecule has 3 saturated heterocycles. The van der Waals surface area contributed by atoms with Crippen LogP contribution in [0.2, 0.25) is 0 Å². The minimum atomic E-state index is -3.30. The third-order valence-corrected chi connectivity index (χ3v) is 27.6. The van der Waals surface area contributed by atoms with Gasteiger partial charge in [0.15, 0.2) is 5.69 Å². The number of ether oxygens (including phenoxy) is 9. The quantitative estimate of drug-likeness (QED) is 0.0987. The van der Waals surface area contributed by atoms with Crippen molar-refractivity contribution >= 4 is 87.6 Å². The zero-order chi connectivity index (χ0) is 90.2. The van der Waals surface area contributed by atoms with Crippen molar-refractivity contribution in [1.29, 1.82) is 0 Å². The molecular formula is C97H124F2N9O18V3-3. The molecule has 32 heteroatoms. The van der Waals surface area contributed by atoms with E-state index in [0.717, 1.165) is 123 Å². The molecular weight excluding hydrogens is 1770 g/mol. The monoisotopic (exact) mass is 1890 g/mol. The maximum absolute atomic E-state index is 16.1. The number of pyridine rings is 3. The third-order valence-electron chi connectivity index (χ3n) is 27.6. The minimum absolute atomic E-state index is 0. The van der Waals surface area contributed by atoms with Crippen LogP contribution in [0.1, 0.15) is 209 Å². The van der Waals surface area contributed by atoms with E-state index in [1.54, 1.807) is 39.3 Å². The van der Waals surface area contributed by atoms with E-state index < -0.39 is 119 Å². The molecule has 7 fully saturated rings. The van der Waals surface area contributed by atoms with Crippen LogP contribution >= 0.6 is 0 Å². The molecule has 6 aliphatic heterocycles. The van der Waals surface area contributed by atoms with Crippen molar-refractivity contribution in [2.24, 2.45) is 63.6 Å². The van der Waals surface area contributed by atoms with Crippen molar-refractivity contribution in [1.82, 2.24) is 45.6 Å². The number of alkyl halides is 2. The van der Waals surface area contributed by atoms with Crippen molar-refractivity contribution in [3.8, 4) is 34.8 Å². The molecule has 6 aromatic rings. The molecule has 9 heterocycles. The fourth-order valence-electron chi connectivity index (χ4n) is 19.7. The predicted octanol–water partition coefficient (Wildman–Crippen LogP) is 15.3. The van der Waals surface area contributed by atoms with E-state index in [1.165, 1.54) is 27.9 Å². The van der Waals surface area contributed by atoms with Gasteiger partial charge in [0.25, 0.3) is 5.92 Å². The predicted molar refractivity (Wildman–Crippen MR) is 466 cm³/mol. The molecule has 3 radical (unpaired) electrons. The van der Waals surface area contributed by atoms with Gasteiger partial charge in [0.2, 0.25) is 29.5 Å². The van der Waals surface area contributed by atoms with Gasteiger partial charge in [-0.25, -0.2) is 48.2 Å². The van der Waals surface area contributed by atoms with Gasteiger partial charge in [-0.05, 0) is 201 Å². The van der Waals surface area contributed by atoms with Gasteiger partial charge in [-0.2, -0.15) is 8.78 Å². The SMILES string of the molecule is CC[C@@H]1[C@@H]2CN(C(=O)[C@H](C(C)(C)C)NC(=O)O[C@@H]3C[C@H]3CCCCCc3cc4ccc(OC)cc4nc3O2)[C@@H]1[C-]=O.COc1ccc2cc3c(nc2c1)O[C@H]1CN(C(=O)[C@H](C(C)(C)C)NC(=O)O[C@@H]2C[C@H]2CCCCC3)[C@H]([C-]=O)[C@@H]1C.COc1ccc2nc3c(cc2c1)O[C@H]1CN(C(=O)[C@H](C(C)(C)C)NC(=O)O[C@@H]2CC4CC4[C@H]2CCCCC3(F)F)[C@H]([C-]=O)[C@@H]1C.[V].[V].[V]. The number of nitrogens with zero attached hydrogens (tertiary/aromatic N) is 6. The molecule has 6 bridgehead atoms. The Bertz CT molecular complexity index is 5030. The summed E-state index contributed by atoms with van der Waals surface area (Å²) in [6, 6.07) is 17.1. The number of aryl methyl sites for hydroxylation is 2. The maximum Gasteiger partial charge on any atom is 0.408 e. The number of nitrogens with one attached hydrogen (secondary N) is 3. The van der Waals surface area contributed by atoms with Gasteiger partial charge in [0.1, 0.15) is 77.7 Å². The van der Waals surface area contributed by atoms with Gasteiger partial charge in [-0.15, -0.1) is 0 Å². The molecule has 0 spiro atoms. The van der Waals surface area contributed by atoms with Crippen LogP contribution in [-0.2, 0) is 117 Å². The summed E-state index contributed by atoms with van der Waals surface area (Å²) in [5, 5.41) is 11.0. The summed E-state index contributed by atoms with van der Waals surface area (Å²) in [7, 11) is 4.77. The average Bonchev–Trinajstić information content (AvgIpc) is 1.68. The van der Waals surface area contributed by atoms with Crippen LogP contribution in [-0.4, -0.2) is 198 Å². The van der Waals surface area contributed by atoms with Gasteiger partial charge >= 0.3 is 18.3 Å². The van der Waals surface area contributed by atoms with Gasteiger partial charge in [-0.3, -0.25) is 14.4 Å². The van der Waals surface area contributed by atoms with Crippen molar-refractivity contribution in [2.45, 2.75) is 284 Å². The fraction of sp³-hybridized carbons (Fsp3) is 0.629. The first-order valence-corrected chi connectivity index (χ1v) is 45.3. The Hall–Kier alpha value is -8.47. The van der Waals surface area contributed by atoms with E-state index in [9.17, 15) is 43.2 Å². The smallest absolute Gasteiger partial charge is 0.408 e. The second kappa shape index (κ2) is 42.2. The topological polar surface area (TPSA) is 321 Å². The maximum atomic E-state index is 16.1. The first kappa shape index (κ1) is 101. The van der Waals surface area contributed by atoms with Gasteiger partial charge in [0.05, 0.1) is 57.5 Å². The molecule has 129 heavy (non-hydrogen) atoms. The zero-order valence-electron chi connectivity index (χ0n) is 76.7. The minimum Gasteiger partial charge on any atom is -0.540 e. The second-order valence-corrected chi connectivity index (χ2v) is 39.7. The summed E-state index contributed by atoms with van der Waals surface area (Å²) in [4.78, 5) is 136. The van der Waals surface area contributed by atoms with E-state index in [1.807, 2.05) is 119 Å². The van der Waals surface area contributed by atoms with E-state index in [4.69, 9.17) is 52.6 Å². The van der Waals surface area contributed by atoms with Gasteiger partial charge in [-0.1, -0.05) is 140 Å². The van der Waals surface area contributed by atoms with Crippen LogP contribution in [0.5, 0.6) is 34.8 Å². The van der Waals surface area contributed by atoms with E-state index in [-0.39, 0.29) is 135 Å². The van der Waals surface area contributed by atoms with Crippen molar-refractivity contribution in [3.63, 3.8) is 0 Å². The molecule has 4 aliphatic carbocycles. The third kappa shape index (κ3) is 23.2. The normalized spacial score (nSPS) is 30.2. The van der Waals surface area contributed by atoms with E-state index in [0.29, 0.717) is 82.8 Å². The number of fused-ring (bicyclic) bond motifs is 17. The van der Waals surface area contributed by atoms with Crippen LogP contribution in [0.15, 0.2) is 72.8 Å². The number of amides is 6. The van der Waals surface area contributed by atoms with Gasteiger partial charge in [0, 0.05) is 102 Å². The number of hydrogen-bond acceptors (Lipinski definition) is 21. The molecule has 10 aliphatic rings. The average molecular weight is 1890 g/mol. The Kier molecular flexibility index (Phi) is 33.1. The van der Waals surface area contributed by atoms with Gasteiger partial charge < -0.3 is 87.7 Å². The number of hydrogen-bond donors (Lipinski definition) is 3. The number of halogens is 2.